The molecule has 0 aromatic heterocycles. The average molecular weight is 424 g/mol. The molecule has 0 unspecified atom stereocenters. The van der Waals surface area contributed by atoms with Crippen LogP contribution in [-0.2, 0) is 20.7 Å². The summed E-state index contributed by atoms with van der Waals surface area (Å²) in [7, 11) is 0. The highest BCUT2D eigenvalue weighted by molar-refractivity contribution is 6.30. The van der Waals surface area contributed by atoms with Crippen LogP contribution in [0.4, 0.5) is 4.79 Å². The number of carbonyl (C=O) groups is 3. The van der Waals surface area contributed by atoms with Gasteiger partial charge in [-0.2, -0.15) is 0 Å². The van der Waals surface area contributed by atoms with Crippen molar-refractivity contribution in [3.05, 3.63) is 34.9 Å². The maximum Gasteiger partial charge on any atom is 0.408 e. The van der Waals surface area contributed by atoms with Gasteiger partial charge in [0.1, 0.15) is 12.1 Å². The third kappa shape index (κ3) is 8.73. The van der Waals surface area contributed by atoms with E-state index in [1.165, 1.54) is 0 Å². The second kappa shape index (κ2) is 10.5. The molecule has 1 aromatic carbocycles. The van der Waals surface area contributed by atoms with Crippen molar-refractivity contribution in [2.24, 2.45) is 0 Å². The highest BCUT2D eigenvalue weighted by Gasteiger charge is 2.24. The highest BCUT2D eigenvalue weighted by Crippen LogP contribution is 2.14. The van der Waals surface area contributed by atoms with Crippen LogP contribution >= 0.6 is 11.6 Å². The number of hydrogen-bond acceptors (Lipinski definition) is 4. The van der Waals surface area contributed by atoms with Crippen LogP contribution in [0.3, 0.4) is 0 Å². The number of hydrogen-bond donors (Lipinski definition) is 2. The number of amides is 3. The Bertz CT molecular complexity index is 708. The average Bonchev–Trinajstić information content (AvgIpc) is 2.65. The number of nitrogens with one attached hydrogen (secondary N) is 2. The monoisotopic (exact) mass is 423 g/mol. The molecule has 1 saturated heterocycles. The molecule has 1 heterocycles. The van der Waals surface area contributed by atoms with Crippen LogP contribution in [0.5, 0.6) is 0 Å². The zero-order chi connectivity index (χ0) is 21.4. The number of ether oxygens (including phenoxy) is 1. The van der Waals surface area contributed by atoms with Gasteiger partial charge in [-0.05, 0) is 57.7 Å². The van der Waals surface area contributed by atoms with Gasteiger partial charge in [-0.1, -0.05) is 23.7 Å². The van der Waals surface area contributed by atoms with Gasteiger partial charge in [-0.15, -0.1) is 0 Å². The molecule has 0 atom stereocenters. The summed E-state index contributed by atoms with van der Waals surface area (Å²) in [5.74, 6) is -0.139. The van der Waals surface area contributed by atoms with E-state index in [1.54, 1.807) is 20.8 Å². The van der Waals surface area contributed by atoms with Crippen molar-refractivity contribution < 1.29 is 19.1 Å². The second-order valence-corrected chi connectivity index (χ2v) is 8.64. The maximum atomic E-state index is 12.4. The molecule has 29 heavy (non-hydrogen) atoms. The van der Waals surface area contributed by atoms with E-state index >= 15 is 0 Å². The van der Waals surface area contributed by atoms with Gasteiger partial charge in [-0.25, -0.2) is 4.79 Å². The quantitative estimate of drug-likeness (QED) is 0.736. The SMILES string of the molecule is CC(C)(C)OC(=O)NCC(=O)NC1CCN(C(=O)CCc2ccc(Cl)cc2)CC1. The van der Waals surface area contributed by atoms with Crippen molar-refractivity contribution in [2.75, 3.05) is 19.6 Å². The van der Waals surface area contributed by atoms with Crippen molar-refractivity contribution in [2.45, 2.75) is 58.1 Å². The molecular formula is C21H30ClN3O4. The van der Waals surface area contributed by atoms with Gasteiger partial charge in [0.2, 0.25) is 11.8 Å². The second-order valence-electron chi connectivity index (χ2n) is 8.20. The fourth-order valence-electron chi connectivity index (χ4n) is 3.08. The number of nitrogens with zero attached hydrogens (tertiary/aromatic N) is 1. The number of likely N-dealkylation sites (tertiary alicyclic amines) is 1. The van der Waals surface area contributed by atoms with Crippen molar-refractivity contribution in [1.29, 1.82) is 0 Å². The summed E-state index contributed by atoms with van der Waals surface area (Å²) in [6, 6.07) is 7.52. The first-order valence-corrected chi connectivity index (χ1v) is 10.3. The summed E-state index contributed by atoms with van der Waals surface area (Å²) in [6.45, 7) is 6.38. The highest BCUT2D eigenvalue weighted by atomic mass is 35.5. The number of rotatable bonds is 6. The van der Waals surface area contributed by atoms with Gasteiger partial charge in [0, 0.05) is 30.6 Å². The fraction of sp³-hybridized carbons (Fsp3) is 0.571. The summed E-state index contributed by atoms with van der Waals surface area (Å²) >= 11 is 5.87. The first-order valence-electron chi connectivity index (χ1n) is 9.91. The molecule has 2 N–H and O–H groups in total. The maximum absolute atomic E-state index is 12.4. The summed E-state index contributed by atoms with van der Waals surface area (Å²) in [6.07, 6.45) is 1.92. The van der Waals surface area contributed by atoms with E-state index in [0.717, 1.165) is 5.56 Å². The lowest BCUT2D eigenvalue weighted by Gasteiger charge is -2.32. The van der Waals surface area contributed by atoms with E-state index in [1.807, 2.05) is 29.2 Å². The number of piperidine rings is 1. The van der Waals surface area contributed by atoms with Crippen LogP contribution in [0.2, 0.25) is 5.02 Å². The third-order valence-corrected chi connectivity index (χ3v) is 4.80. The van der Waals surface area contributed by atoms with Crippen LogP contribution in [0.25, 0.3) is 0 Å². The minimum atomic E-state index is -0.617. The molecule has 1 aliphatic heterocycles. The molecule has 0 aliphatic carbocycles. The van der Waals surface area contributed by atoms with Crippen LogP contribution in [0.1, 0.15) is 45.6 Å². The van der Waals surface area contributed by atoms with Gasteiger partial charge < -0.3 is 20.3 Å². The lowest BCUT2D eigenvalue weighted by Crippen LogP contribution is -2.49. The molecular weight excluding hydrogens is 394 g/mol. The molecule has 3 amide bonds. The van der Waals surface area contributed by atoms with Crippen LogP contribution < -0.4 is 10.6 Å². The Morgan fingerprint density at radius 3 is 2.34 bits per heavy atom. The molecule has 0 saturated carbocycles. The molecule has 2 rings (SSSR count). The van der Waals surface area contributed by atoms with E-state index in [2.05, 4.69) is 10.6 Å². The van der Waals surface area contributed by atoms with E-state index in [0.29, 0.717) is 43.8 Å². The number of alkyl carbamates (subject to hydrolysis) is 1. The minimum absolute atomic E-state index is 0.00301. The molecule has 1 aliphatic rings. The van der Waals surface area contributed by atoms with Gasteiger partial charge in [0.15, 0.2) is 0 Å². The molecule has 160 valence electrons. The van der Waals surface area contributed by atoms with Crippen molar-refractivity contribution in [3.63, 3.8) is 0 Å². The Balaban J connectivity index is 1.65. The fourth-order valence-corrected chi connectivity index (χ4v) is 3.20. The predicted octanol–water partition coefficient (Wildman–Crippen LogP) is 2.90. The van der Waals surface area contributed by atoms with E-state index in [4.69, 9.17) is 16.3 Å². The zero-order valence-corrected chi connectivity index (χ0v) is 18.1. The number of halogens is 1. The zero-order valence-electron chi connectivity index (χ0n) is 17.3. The number of carbonyl (C=O) groups excluding carboxylic acids is 3. The van der Waals surface area contributed by atoms with Gasteiger partial charge in [-0.3, -0.25) is 9.59 Å². The Hall–Kier alpha value is -2.28. The summed E-state index contributed by atoms with van der Waals surface area (Å²) in [5, 5.41) is 6.03. The lowest BCUT2D eigenvalue weighted by atomic mass is 10.0. The first kappa shape index (κ1) is 23.0. The molecule has 0 spiro atoms. The Kier molecular flexibility index (Phi) is 8.32. The largest absolute Gasteiger partial charge is 0.444 e. The molecule has 1 aromatic rings. The van der Waals surface area contributed by atoms with Crippen LogP contribution in [0.15, 0.2) is 24.3 Å². The van der Waals surface area contributed by atoms with Crippen molar-refractivity contribution in [3.8, 4) is 0 Å². The standard InChI is InChI=1S/C21H30ClN3O4/c1-21(2,3)29-20(28)23-14-18(26)24-17-10-12-25(13-11-17)19(27)9-6-15-4-7-16(22)8-5-15/h4-5,7-8,17H,6,9-14H2,1-3H3,(H,23,28)(H,24,26). The molecule has 0 radical (unpaired) electrons. The lowest BCUT2D eigenvalue weighted by molar-refractivity contribution is -0.132. The van der Waals surface area contributed by atoms with Gasteiger partial charge in [0.25, 0.3) is 0 Å². The van der Waals surface area contributed by atoms with Gasteiger partial charge in [0.05, 0.1) is 0 Å². The van der Waals surface area contributed by atoms with Crippen LogP contribution in [0, 0.1) is 0 Å². The van der Waals surface area contributed by atoms with Gasteiger partial charge >= 0.3 is 6.09 Å². The minimum Gasteiger partial charge on any atom is -0.444 e. The molecule has 1 fully saturated rings. The Labute approximate surface area is 177 Å². The normalized spacial score (nSPS) is 15.0. The summed E-state index contributed by atoms with van der Waals surface area (Å²) in [5.41, 5.74) is 0.482. The van der Waals surface area contributed by atoms with Crippen molar-refractivity contribution >= 4 is 29.5 Å². The third-order valence-electron chi connectivity index (χ3n) is 4.55. The molecule has 7 nitrogen and oxygen atoms in total. The molecule has 8 heteroatoms. The molecule has 0 bridgehead atoms. The predicted molar refractivity (Wildman–Crippen MR) is 112 cm³/mol. The number of benzene rings is 1. The summed E-state index contributed by atoms with van der Waals surface area (Å²) < 4.78 is 5.10. The Morgan fingerprint density at radius 2 is 1.76 bits per heavy atom. The topological polar surface area (TPSA) is 87.7 Å². The van der Waals surface area contributed by atoms with E-state index in [-0.39, 0.29) is 24.4 Å². The van der Waals surface area contributed by atoms with Crippen molar-refractivity contribution in [1.82, 2.24) is 15.5 Å². The Morgan fingerprint density at radius 1 is 1.14 bits per heavy atom. The van der Waals surface area contributed by atoms with E-state index in [9.17, 15) is 14.4 Å². The van der Waals surface area contributed by atoms with E-state index < -0.39 is 11.7 Å². The number of aryl methyl sites for hydroxylation is 1. The first-order chi connectivity index (χ1) is 13.6. The summed E-state index contributed by atoms with van der Waals surface area (Å²) in [4.78, 5) is 37.9. The van der Waals surface area contributed by atoms with Crippen LogP contribution in [-0.4, -0.2) is 54.1 Å². The smallest absolute Gasteiger partial charge is 0.408 e.